The third-order valence-corrected chi connectivity index (χ3v) is 4.65. The zero-order valence-electron chi connectivity index (χ0n) is 14.0. The van der Waals surface area contributed by atoms with Crippen LogP contribution in [0, 0.1) is 12.7 Å². The Bertz CT molecular complexity index is 681. The summed E-state index contributed by atoms with van der Waals surface area (Å²) in [6.07, 6.45) is 0.952. The Morgan fingerprint density at radius 1 is 1.43 bits per heavy atom. The molecule has 124 valence electrons. The van der Waals surface area contributed by atoms with Crippen molar-refractivity contribution in [1.29, 1.82) is 0 Å². The smallest absolute Gasteiger partial charge is 0.191 e. The van der Waals surface area contributed by atoms with E-state index in [4.69, 9.17) is 0 Å². The van der Waals surface area contributed by atoms with Crippen molar-refractivity contribution < 1.29 is 4.39 Å². The van der Waals surface area contributed by atoms with Crippen LogP contribution in [0.15, 0.2) is 28.6 Å². The number of hydrogen-bond acceptors (Lipinski definition) is 3. The molecular weight excluding hydrogens is 311 g/mol. The number of rotatable bonds is 5. The largest absolute Gasteiger partial charge is 0.351 e. The molecule has 0 saturated heterocycles. The van der Waals surface area contributed by atoms with Crippen LogP contribution in [0.25, 0.3) is 0 Å². The summed E-state index contributed by atoms with van der Waals surface area (Å²) in [6.45, 7) is 6.45. The van der Waals surface area contributed by atoms with Crippen LogP contribution in [-0.2, 0) is 13.0 Å². The maximum absolute atomic E-state index is 13.7. The molecule has 1 unspecified atom stereocenters. The van der Waals surface area contributed by atoms with E-state index in [-0.39, 0.29) is 11.9 Å². The average molecular weight is 334 g/mol. The van der Waals surface area contributed by atoms with Crippen LogP contribution in [0.2, 0.25) is 0 Å². The van der Waals surface area contributed by atoms with Gasteiger partial charge >= 0.3 is 0 Å². The summed E-state index contributed by atoms with van der Waals surface area (Å²) in [5, 5.41) is 9.69. The summed E-state index contributed by atoms with van der Waals surface area (Å²) >= 11 is 1.67. The second-order valence-corrected chi connectivity index (χ2v) is 6.33. The van der Waals surface area contributed by atoms with E-state index in [0.717, 1.165) is 22.7 Å². The number of aryl methyl sites for hydroxylation is 2. The number of nitrogens with zero attached hydrogens (tertiary/aromatic N) is 2. The number of guanidine groups is 1. The van der Waals surface area contributed by atoms with Gasteiger partial charge in [-0.15, -0.1) is 11.3 Å². The normalized spacial score (nSPS) is 13.0. The summed E-state index contributed by atoms with van der Waals surface area (Å²) in [5.74, 6) is 0.484. The monoisotopic (exact) mass is 334 g/mol. The van der Waals surface area contributed by atoms with Crippen LogP contribution in [0.5, 0.6) is 0 Å². The zero-order chi connectivity index (χ0) is 16.8. The highest BCUT2D eigenvalue weighted by Gasteiger charge is 2.10. The van der Waals surface area contributed by atoms with Gasteiger partial charge in [0.1, 0.15) is 5.82 Å². The fraction of sp³-hybridized carbons (Fsp3) is 0.412. The number of thiazole rings is 1. The molecule has 0 aliphatic heterocycles. The van der Waals surface area contributed by atoms with E-state index < -0.39 is 0 Å². The van der Waals surface area contributed by atoms with Gasteiger partial charge in [0.15, 0.2) is 5.96 Å². The van der Waals surface area contributed by atoms with E-state index in [9.17, 15) is 4.39 Å². The molecule has 1 aromatic heterocycles. The third kappa shape index (κ3) is 4.76. The molecule has 4 nitrogen and oxygen atoms in total. The molecule has 0 bridgehead atoms. The van der Waals surface area contributed by atoms with Crippen LogP contribution in [0.1, 0.15) is 41.7 Å². The first-order valence-electron chi connectivity index (χ1n) is 7.70. The van der Waals surface area contributed by atoms with Gasteiger partial charge in [0, 0.05) is 12.4 Å². The quantitative estimate of drug-likeness (QED) is 0.649. The van der Waals surface area contributed by atoms with Crippen molar-refractivity contribution in [2.45, 2.75) is 39.8 Å². The Hall–Kier alpha value is -1.95. The molecule has 0 fully saturated rings. The van der Waals surface area contributed by atoms with Crippen molar-refractivity contribution in [3.05, 3.63) is 51.2 Å². The highest BCUT2D eigenvalue weighted by molar-refractivity contribution is 7.09. The van der Waals surface area contributed by atoms with Crippen molar-refractivity contribution in [2.24, 2.45) is 4.99 Å². The fourth-order valence-electron chi connectivity index (χ4n) is 2.13. The lowest BCUT2D eigenvalue weighted by Gasteiger charge is -2.18. The Kier molecular flexibility index (Phi) is 6.10. The lowest BCUT2D eigenvalue weighted by molar-refractivity contribution is 0.607. The van der Waals surface area contributed by atoms with Crippen molar-refractivity contribution in [2.75, 3.05) is 7.05 Å². The Labute approximate surface area is 140 Å². The van der Waals surface area contributed by atoms with Gasteiger partial charge in [-0.25, -0.2) is 9.37 Å². The molecule has 2 N–H and O–H groups in total. The fourth-order valence-corrected chi connectivity index (χ4v) is 2.87. The minimum Gasteiger partial charge on any atom is -0.351 e. The molecule has 0 amide bonds. The number of hydrogen-bond donors (Lipinski definition) is 2. The molecule has 2 rings (SSSR count). The topological polar surface area (TPSA) is 49.3 Å². The summed E-state index contributed by atoms with van der Waals surface area (Å²) in [4.78, 5) is 8.73. The standard InChI is InChI=1S/C17H23FN4S/c1-5-16-22-14(10-23-16)9-20-17(19-4)21-12(3)13-7-6-11(2)15(18)8-13/h6-8,10,12H,5,9H2,1-4H3,(H2,19,20,21). The van der Waals surface area contributed by atoms with Crippen molar-refractivity contribution in [3.8, 4) is 0 Å². The first kappa shape index (κ1) is 17.4. The number of aromatic nitrogens is 1. The number of halogens is 1. The van der Waals surface area contributed by atoms with Gasteiger partial charge in [0.25, 0.3) is 0 Å². The van der Waals surface area contributed by atoms with Crippen LogP contribution in [-0.4, -0.2) is 18.0 Å². The van der Waals surface area contributed by atoms with E-state index >= 15 is 0 Å². The van der Waals surface area contributed by atoms with Gasteiger partial charge < -0.3 is 10.6 Å². The predicted octanol–water partition coefficient (Wildman–Crippen LogP) is 3.58. The van der Waals surface area contributed by atoms with Gasteiger partial charge in [0.2, 0.25) is 0 Å². The first-order valence-corrected chi connectivity index (χ1v) is 8.58. The number of benzene rings is 1. The molecule has 6 heteroatoms. The minimum absolute atomic E-state index is 0.0436. The number of aliphatic imine (C=N–C) groups is 1. The van der Waals surface area contributed by atoms with E-state index in [1.54, 1.807) is 37.4 Å². The maximum Gasteiger partial charge on any atom is 0.191 e. The van der Waals surface area contributed by atoms with E-state index in [1.807, 2.05) is 13.0 Å². The maximum atomic E-state index is 13.7. The van der Waals surface area contributed by atoms with Gasteiger partial charge in [-0.2, -0.15) is 0 Å². The second kappa shape index (κ2) is 8.06. The first-order chi connectivity index (χ1) is 11.0. The van der Waals surface area contributed by atoms with E-state index in [2.05, 4.69) is 32.9 Å². The average Bonchev–Trinajstić information content (AvgIpc) is 3.01. The third-order valence-electron chi connectivity index (χ3n) is 3.61. The highest BCUT2D eigenvalue weighted by Crippen LogP contribution is 2.16. The molecule has 1 heterocycles. The van der Waals surface area contributed by atoms with E-state index in [1.165, 1.54) is 0 Å². The number of nitrogens with one attached hydrogen (secondary N) is 2. The molecule has 23 heavy (non-hydrogen) atoms. The van der Waals surface area contributed by atoms with Gasteiger partial charge in [-0.05, 0) is 37.5 Å². The summed E-state index contributed by atoms with van der Waals surface area (Å²) in [5.41, 5.74) is 2.54. The van der Waals surface area contributed by atoms with Crippen LogP contribution >= 0.6 is 11.3 Å². The van der Waals surface area contributed by atoms with Crippen LogP contribution in [0.3, 0.4) is 0 Å². The Morgan fingerprint density at radius 3 is 2.83 bits per heavy atom. The second-order valence-electron chi connectivity index (χ2n) is 5.39. The molecule has 0 aliphatic rings. The molecule has 0 aliphatic carbocycles. The molecule has 0 saturated carbocycles. The van der Waals surface area contributed by atoms with Crippen molar-refractivity contribution in [3.63, 3.8) is 0 Å². The molecule has 1 atom stereocenters. The summed E-state index contributed by atoms with van der Waals surface area (Å²) in [7, 11) is 1.72. The predicted molar refractivity (Wildman–Crippen MR) is 94.4 cm³/mol. The lowest BCUT2D eigenvalue weighted by atomic mass is 10.1. The Balaban J connectivity index is 1.94. The van der Waals surface area contributed by atoms with Crippen molar-refractivity contribution in [1.82, 2.24) is 15.6 Å². The van der Waals surface area contributed by atoms with Gasteiger partial charge in [0.05, 0.1) is 23.3 Å². The SMILES string of the molecule is CCc1nc(CNC(=NC)NC(C)c2ccc(C)c(F)c2)cs1. The summed E-state index contributed by atoms with van der Waals surface area (Å²) < 4.78 is 13.7. The molecule has 0 spiro atoms. The van der Waals surface area contributed by atoms with E-state index in [0.29, 0.717) is 18.1 Å². The molecule has 1 aromatic carbocycles. The Morgan fingerprint density at radius 2 is 2.22 bits per heavy atom. The zero-order valence-corrected chi connectivity index (χ0v) is 14.8. The lowest BCUT2D eigenvalue weighted by Crippen LogP contribution is -2.38. The molecule has 2 aromatic rings. The van der Waals surface area contributed by atoms with Gasteiger partial charge in [-0.1, -0.05) is 19.1 Å². The molecular formula is C17H23FN4S. The summed E-state index contributed by atoms with van der Waals surface area (Å²) in [6, 6.07) is 5.24. The van der Waals surface area contributed by atoms with Crippen LogP contribution in [0.4, 0.5) is 4.39 Å². The highest BCUT2D eigenvalue weighted by atomic mass is 32.1. The van der Waals surface area contributed by atoms with Crippen LogP contribution < -0.4 is 10.6 Å². The van der Waals surface area contributed by atoms with Gasteiger partial charge in [-0.3, -0.25) is 4.99 Å². The minimum atomic E-state index is -0.186. The van der Waals surface area contributed by atoms with Crippen molar-refractivity contribution >= 4 is 17.3 Å². The molecule has 0 radical (unpaired) electrons.